The molecule has 0 radical (unpaired) electrons. The Hall–Kier alpha value is -2.80. The van der Waals surface area contributed by atoms with E-state index < -0.39 is 10.0 Å². The molecule has 1 saturated heterocycles. The summed E-state index contributed by atoms with van der Waals surface area (Å²) in [4.78, 5) is 7.00. The van der Waals surface area contributed by atoms with Crippen molar-refractivity contribution in [2.24, 2.45) is 0 Å². The van der Waals surface area contributed by atoms with Crippen molar-refractivity contribution < 1.29 is 8.42 Å². The summed E-state index contributed by atoms with van der Waals surface area (Å²) in [6.45, 7) is 5.44. The summed E-state index contributed by atoms with van der Waals surface area (Å²) in [6, 6.07) is 16.2. The van der Waals surface area contributed by atoms with Gasteiger partial charge < -0.3 is 4.90 Å². The van der Waals surface area contributed by atoms with Crippen LogP contribution in [0.4, 0.5) is 5.13 Å². The molecule has 2 heterocycles. The molecule has 9 heteroatoms. The van der Waals surface area contributed by atoms with Crippen molar-refractivity contribution in [3.63, 3.8) is 0 Å². The van der Waals surface area contributed by atoms with Crippen LogP contribution in [0.15, 0.2) is 53.4 Å². The highest BCUT2D eigenvalue weighted by atomic mass is 32.2. The number of anilines is 1. The quantitative estimate of drug-likeness (QED) is 0.589. The van der Waals surface area contributed by atoms with Crippen molar-refractivity contribution in [2.45, 2.75) is 31.2 Å². The fourth-order valence-corrected chi connectivity index (χ4v) is 5.98. The molecule has 31 heavy (non-hydrogen) atoms. The van der Waals surface area contributed by atoms with Crippen LogP contribution in [0.25, 0.3) is 0 Å². The van der Waals surface area contributed by atoms with Crippen LogP contribution >= 0.6 is 11.5 Å². The molecule has 160 valence electrons. The normalized spacial score (nSPS) is 17.5. The molecule has 0 N–H and O–H groups in total. The molecule has 1 aliphatic rings. The molecule has 1 aromatic heterocycles. The molecule has 1 aliphatic heterocycles. The second kappa shape index (κ2) is 8.75. The Morgan fingerprint density at radius 3 is 2.48 bits per heavy atom. The predicted molar refractivity (Wildman–Crippen MR) is 121 cm³/mol. The van der Waals surface area contributed by atoms with Gasteiger partial charge in [-0.15, -0.1) is 0 Å². The minimum Gasteiger partial charge on any atom is -0.344 e. The van der Waals surface area contributed by atoms with Crippen molar-refractivity contribution >= 4 is 26.7 Å². The van der Waals surface area contributed by atoms with Gasteiger partial charge in [-0.3, -0.25) is 0 Å². The second-order valence-electron chi connectivity index (χ2n) is 7.70. The van der Waals surface area contributed by atoms with E-state index in [1.54, 1.807) is 0 Å². The van der Waals surface area contributed by atoms with E-state index in [0.717, 1.165) is 11.0 Å². The number of hydrogen-bond donors (Lipinski definition) is 0. The fourth-order valence-electron chi connectivity index (χ4n) is 3.64. The minimum absolute atomic E-state index is 0.209. The van der Waals surface area contributed by atoms with Crippen LogP contribution < -0.4 is 4.90 Å². The minimum atomic E-state index is -3.62. The number of benzene rings is 2. The number of aromatic nitrogens is 2. The molecule has 0 spiro atoms. The Kier molecular flexibility index (Phi) is 6.05. The second-order valence-corrected chi connectivity index (χ2v) is 10.3. The van der Waals surface area contributed by atoms with Crippen LogP contribution in [0.2, 0.25) is 0 Å². The van der Waals surface area contributed by atoms with E-state index >= 15 is 0 Å². The van der Waals surface area contributed by atoms with Crippen LogP contribution in [0.5, 0.6) is 0 Å². The van der Waals surface area contributed by atoms with Gasteiger partial charge in [0, 0.05) is 43.6 Å². The van der Waals surface area contributed by atoms with Crippen molar-refractivity contribution in [3.8, 4) is 6.07 Å². The number of aryl methyl sites for hydroxylation is 1. The Balaban J connectivity index is 1.44. The van der Waals surface area contributed by atoms with Gasteiger partial charge in [0.05, 0.1) is 16.5 Å². The van der Waals surface area contributed by atoms with E-state index in [2.05, 4.69) is 45.4 Å². The highest BCUT2D eigenvalue weighted by molar-refractivity contribution is 7.89. The fraction of sp³-hybridized carbons (Fsp3) is 0.318. The van der Waals surface area contributed by atoms with Crippen molar-refractivity contribution in [2.75, 3.05) is 24.5 Å². The summed E-state index contributed by atoms with van der Waals surface area (Å²) >= 11 is 1.36. The Labute approximate surface area is 186 Å². The topological polar surface area (TPSA) is 90.2 Å². The molecule has 0 aliphatic carbocycles. The number of nitrogens with zero attached hydrogens (tertiary/aromatic N) is 5. The molecule has 7 nitrogen and oxygen atoms in total. The van der Waals surface area contributed by atoms with Crippen LogP contribution in [0, 0.1) is 18.3 Å². The van der Waals surface area contributed by atoms with Gasteiger partial charge in [-0.2, -0.15) is 13.9 Å². The van der Waals surface area contributed by atoms with E-state index in [-0.39, 0.29) is 10.9 Å². The number of nitriles is 1. The van der Waals surface area contributed by atoms with Crippen LogP contribution in [-0.4, -0.2) is 47.8 Å². The van der Waals surface area contributed by atoms with E-state index in [1.807, 2.05) is 13.0 Å². The highest BCUT2D eigenvalue weighted by Crippen LogP contribution is 2.26. The maximum atomic E-state index is 13.1. The lowest BCUT2D eigenvalue weighted by Gasteiger charge is -2.38. The van der Waals surface area contributed by atoms with Gasteiger partial charge in [0.15, 0.2) is 0 Å². The third kappa shape index (κ3) is 4.61. The largest absolute Gasteiger partial charge is 0.344 e. The molecule has 0 saturated carbocycles. The van der Waals surface area contributed by atoms with Crippen LogP contribution in [0.1, 0.15) is 29.4 Å². The zero-order chi connectivity index (χ0) is 22.0. The van der Waals surface area contributed by atoms with Gasteiger partial charge in [0.2, 0.25) is 15.2 Å². The van der Waals surface area contributed by atoms with Crippen LogP contribution in [-0.2, 0) is 16.4 Å². The lowest BCUT2D eigenvalue weighted by Crippen LogP contribution is -2.54. The average Bonchev–Trinajstić information content (AvgIpc) is 3.23. The molecular formula is C22H23N5O2S2. The zero-order valence-electron chi connectivity index (χ0n) is 17.4. The van der Waals surface area contributed by atoms with Gasteiger partial charge >= 0.3 is 0 Å². The maximum Gasteiger partial charge on any atom is 0.243 e. The molecule has 1 atom stereocenters. The number of sulfonamides is 1. The summed E-state index contributed by atoms with van der Waals surface area (Å²) in [6.07, 6.45) is 0.680. The number of piperazine rings is 1. The Morgan fingerprint density at radius 2 is 1.84 bits per heavy atom. The Bertz CT molecular complexity index is 1200. The molecule has 1 fully saturated rings. The van der Waals surface area contributed by atoms with Gasteiger partial charge in [0.1, 0.15) is 5.82 Å². The lowest BCUT2D eigenvalue weighted by molar-refractivity contribution is 0.306. The lowest BCUT2D eigenvalue weighted by atomic mass is 10.1. The first-order valence-electron chi connectivity index (χ1n) is 10.0. The maximum absolute atomic E-state index is 13.1. The van der Waals surface area contributed by atoms with Crippen molar-refractivity contribution in [1.82, 2.24) is 13.7 Å². The summed E-state index contributed by atoms with van der Waals surface area (Å²) in [5.41, 5.74) is 2.83. The highest BCUT2D eigenvalue weighted by Gasteiger charge is 2.34. The monoisotopic (exact) mass is 453 g/mol. The van der Waals surface area contributed by atoms with Crippen molar-refractivity contribution in [1.29, 1.82) is 5.26 Å². The first-order chi connectivity index (χ1) is 14.9. The van der Waals surface area contributed by atoms with Gasteiger partial charge in [-0.1, -0.05) is 29.8 Å². The number of hydrogen-bond acceptors (Lipinski definition) is 7. The molecule has 0 bridgehead atoms. The molecule has 3 aromatic rings. The van der Waals surface area contributed by atoms with E-state index in [9.17, 15) is 8.42 Å². The third-order valence-corrected chi connectivity index (χ3v) is 8.21. The average molecular weight is 454 g/mol. The first-order valence-corrected chi connectivity index (χ1v) is 12.2. The van der Waals surface area contributed by atoms with Gasteiger partial charge in [-0.25, -0.2) is 13.4 Å². The summed E-state index contributed by atoms with van der Waals surface area (Å²) < 4.78 is 32.2. The first kappa shape index (κ1) is 21.4. The van der Waals surface area contributed by atoms with Crippen LogP contribution in [0.3, 0.4) is 0 Å². The zero-order valence-corrected chi connectivity index (χ0v) is 19.0. The molecule has 2 aromatic carbocycles. The van der Waals surface area contributed by atoms with Gasteiger partial charge in [0.25, 0.3) is 0 Å². The van der Waals surface area contributed by atoms with E-state index in [4.69, 9.17) is 5.26 Å². The SMILES string of the molecule is Cc1ccc(Cc2nsc(N3CCN(S(=O)(=O)c4ccc(C#N)cc4)C(C)C3)n2)cc1. The summed E-state index contributed by atoms with van der Waals surface area (Å²) in [5.74, 6) is 0.782. The summed E-state index contributed by atoms with van der Waals surface area (Å²) in [7, 11) is -3.62. The third-order valence-electron chi connectivity index (χ3n) is 5.37. The molecular weight excluding hydrogens is 430 g/mol. The van der Waals surface area contributed by atoms with Gasteiger partial charge in [-0.05, 0) is 43.7 Å². The smallest absolute Gasteiger partial charge is 0.243 e. The van der Waals surface area contributed by atoms with Crippen molar-refractivity contribution in [3.05, 3.63) is 71.0 Å². The molecule has 1 unspecified atom stereocenters. The summed E-state index contributed by atoms with van der Waals surface area (Å²) in [5, 5.41) is 9.75. The van der Waals surface area contributed by atoms with E-state index in [1.165, 1.54) is 51.2 Å². The predicted octanol–water partition coefficient (Wildman–Crippen LogP) is 3.21. The number of rotatable bonds is 5. The molecule has 4 rings (SSSR count). The molecule has 0 amide bonds. The Morgan fingerprint density at radius 1 is 1.13 bits per heavy atom. The standard InChI is InChI=1S/C22H23N5O2S2/c1-16-3-5-18(6-4-16)13-21-24-22(30-25-21)26-11-12-27(17(2)15-26)31(28,29)20-9-7-19(14-23)8-10-20/h3-10,17H,11-13,15H2,1-2H3. The van der Waals surface area contributed by atoms with E-state index in [0.29, 0.717) is 31.6 Å².